The van der Waals surface area contributed by atoms with Crippen molar-refractivity contribution < 1.29 is 67.0 Å². The number of amides is 7. The van der Waals surface area contributed by atoms with Gasteiger partial charge in [-0.3, -0.25) is 57.6 Å². The maximum Gasteiger partial charge on any atom is 0.472 e. The van der Waals surface area contributed by atoms with E-state index in [2.05, 4.69) is 15.6 Å². The molecule has 8 bridgehead atoms. The van der Waals surface area contributed by atoms with Gasteiger partial charge in [-0.05, 0) is 108 Å². The lowest BCUT2D eigenvalue weighted by Crippen LogP contribution is -2.56. The van der Waals surface area contributed by atoms with Crippen molar-refractivity contribution in [1.82, 2.24) is 20.2 Å². The number of imidazole rings is 1. The van der Waals surface area contributed by atoms with Crippen LogP contribution in [0.5, 0.6) is 0 Å². The highest BCUT2D eigenvalue weighted by Gasteiger charge is 2.66. The number of hydrogen-bond donors (Lipinski definition) is 11. The third-order valence-electron chi connectivity index (χ3n) is 20.6. The summed E-state index contributed by atoms with van der Waals surface area (Å²) in [5.74, 6) is -7.18. The van der Waals surface area contributed by atoms with Crippen molar-refractivity contribution in [3.05, 3.63) is 63.9 Å². The van der Waals surface area contributed by atoms with Crippen LogP contribution < -0.4 is 45.0 Å². The van der Waals surface area contributed by atoms with E-state index in [0.717, 1.165) is 11.1 Å². The topological polar surface area (TPSA) is 460 Å². The van der Waals surface area contributed by atoms with Gasteiger partial charge in [0, 0.05) is 131 Å². The SMILES string of the molecule is CC1=C2N/C(=C\C3=NC(=C(/C)C4=NC(C(CC(N)=O)C4(C)CCC(=O)NCC(C)OP(=O)(O)O[C@H]4[C@@H](O)[C@@H](n5cnc6cc(C)c(C)cc65)O[C@@H]4CO)C4(C)N=C1C(CCC(N)=O)C4(C)CC(N)=O)/C(CCC(N)=O)C3(C)C)C(CCC(N)=O)C2(C)CC(N)=O. The lowest BCUT2D eigenvalue weighted by molar-refractivity contribution is -0.124. The largest absolute Gasteiger partial charge is 0.472 e. The number of ether oxygens (including phenoxy) is 1. The van der Waals surface area contributed by atoms with E-state index in [1.807, 2.05) is 87.4 Å². The number of aliphatic hydroxyl groups excluding tert-OH is 2. The average Bonchev–Trinajstić information content (AvgIpc) is 1.53. The number of carbonyl (C=O) groups excluding carboxylic acids is 7. The zero-order valence-electron chi connectivity index (χ0n) is 53.3. The summed E-state index contributed by atoms with van der Waals surface area (Å²) < 4.78 is 32.3. The lowest BCUT2D eigenvalue weighted by atomic mass is 9.55. The molecule has 2 aromatic rings. The number of phosphoric acid groups is 1. The van der Waals surface area contributed by atoms with Crippen LogP contribution >= 0.6 is 7.82 Å². The molecule has 1 aromatic heterocycles. The molecule has 2 fully saturated rings. The molecule has 8 rings (SSSR count). The summed E-state index contributed by atoms with van der Waals surface area (Å²) >= 11 is 0. The van der Waals surface area contributed by atoms with Gasteiger partial charge in [-0.25, -0.2) is 9.55 Å². The number of aliphatic imine (C=N–C) groups is 3. The zero-order valence-corrected chi connectivity index (χ0v) is 54.1. The Morgan fingerprint density at radius 1 is 0.800 bits per heavy atom. The van der Waals surface area contributed by atoms with Crippen LogP contribution in [0.25, 0.3) is 11.0 Å². The second kappa shape index (κ2) is 25.6. The minimum atomic E-state index is -5.07. The van der Waals surface area contributed by atoms with Gasteiger partial charge in [0.15, 0.2) is 6.23 Å². The highest BCUT2D eigenvalue weighted by Crippen LogP contribution is 2.63. The number of aliphatic hydroxyl groups is 2. The monoisotopic (exact) mass is 1270 g/mol. The van der Waals surface area contributed by atoms with Crippen LogP contribution in [0.3, 0.4) is 0 Å². The van der Waals surface area contributed by atoms with E-state index in [-0.39, 0.29) is 77.2 Å². The fourth-order valence-corrected chi connectivity index (χ4v) is 16.6. The van der Waals surface area contributed by atoms with Crippen LogP contribution in [0, 0.1) is 59.2 Å². The van der Waals surface area contributed by atoms with Gasteiger partial charge >= 0.3 is 7.82 Å². The third-order valence-corrected chi connectivity index (χ3v) is 21.7. The number of hydrogen-bond acceptors (Lipinski definition) is 18. The van der Waals surface area contributed by atoms with Crippen molar-refractivity contribution in [3.63, 3.8) is 0 Å². The highest BCUT2D eigenvalue weighted by molar-refractivity contribution is 7.47. The van der Waals surface area contributed by atoms with Crippen molar-refractivity contribution in [2.45, 2.75) is 189 Å². The summed E-state index contributed by atoms with van der Waals surface area (Å²) in [7, 11) is -5.07. The summed E-state index contributed by atoms with van der Waals surface area (Å²) in [4.78, 5) is 126. The quantitative estimate of drug-likeness (QED) is 0.0603. The first-order chi connectivity index (χ1) is 41.8. The van der Waals surface area contributed by atoms with Crippen LogP contribution in [-0.2, 0) is 51.9 Å². The predicted octanol–water partition coefficient (Wildman–Crippen LogP) is 3.16. The molecular weight excluding hydrogens is 1180 g/mol. The van der Waals surface area contributed by atoms with Gasteiger partial charge in [0.2, 0.25) is 41.4 Å². The summed E-state index contributed by atoms with van der Waals surface area (Å²) in [6.07, 6.45) is -4.26. The molecule has 6 aliphatic heterocycles. The Bertz CT molecular complexity index is 3540. The number of allylic oxidation sites excluding steroid dienone is 6. The maximum atomic E-state index is 14.4. The second-order valence-corrected chi connectivity index (χ2v) is 28.4. The normalized spacial score (nSPS) is 33.4. The van der Waals surface area contributed by atoms with E-state index >= 15 is 0 Å². The molecule has 0 radical (unpaired) electrons. The second-order valence-electron chi connectivity index (χ2n) is 27.1. The van der Waals surface area contributed by atoms with E-state index in [4.69, 9.17) is 63.2 Å². The number of carbonyl (C=O) groups is 7. The minimum Gasteiger partial charge on any atom is -0.394 e. The van der Waals surface area contributed by atoms with Gasteiger partial charge in [-0.2, -0.15) is 0 Å². The molecule has 0 aliphatic carbocycles. The molecule has 492 valence electrons. The van der Waals surface area contributed by atoms with Crippen LogP contribution in [0.2, 0.25) is 0 Å². The first-order valence-corrected chi connectivity index (χ1v) is 32.1. The van der Waals surface area contributed by atoms with Crippen LogP contribution in [0.4, 0.5) is 0 Å². The number of nitrogens with zero attached hydrogens (tertiary/aromatic N) is 5. The molecule has 27 nitrogen and oxygen atoms in total. The number of rotatable bonds is 26. The Labute approximate surface area is 523 Å². The molecule has 28 heteroatoms. The molecule has 6 aliphatic rings. The Hall–Kier alpha value is -7.00. The van der Waals surface area contributed by atoms with E-state index in [1.165, 1.54) is 13.3 Å². The molecular formula is C62H90N13O14P. The third kappa shape index (κ3) is 13.0. The molecule has 1 aromatic carbocycles. The number of phosphoric ester groups is 1. The molecule has 15 atom stereocenters. The Morgan fingerprint density at radius 3 is 1.99 bits per heavy atom. The van der Waals surface area contributed by atoms with E-state index in [1.54, 1.807) is 4.57 Å². The number of primary amides is 6. The fourth-order valence-electron chi connectivity index (χ4n) is 15.4. The first-order valence-electron chi connectivity index (χ1n) is 30.6. The van der Waals surface area contributed by atoms with E-state index in [0.29, 0.717) is 56.4 Å². The highest BCUT2D eigenvalue weighted by atomic mass is 31.2. The average molecular weight is 1270 g/mol. The van der Waals surface area contributed by atoms with Gasteiger partial charge in [-0.1, -0.05) is 34.6 Å². The number of aryl methyl sites for hydroxylation is 2. The molecule has 17 N–H and O–H groups in total. The Morgan fingerprint density at radius 2 is 1.40 bits per heavy atom. The van der Waals surface area contributed by atoms with Crippen LogP contribution in [-0.4, -0.2) is 132 Å². The van der Waals surface area contributed by atoms with Crippen molar-refractivity contribution in [2.24, 2.45) is 94.7 Å². The molecule has 7 heterocycles. The molecule has 0 spiro atoms. The Balaban J connectivity index is 1.19. The van der Waals surface area contributed by atoms with Gasteiger partial charge in [-0.15, -0.1) is 0 Å². The van der Waals surface area contributed by atoms with Gasteiger partial charge in [0.25, 0.3) is 0 Å². The number of aromatic nitrogens is 2. The lowest BCUT2D eigenvalue weighted by Gasteiger charge is -2.48. The summed E-state index contributed by atoms with van der Waals surface area (Å²) in [5, 5.41) is 28.2. The minimum absolute atomic E-state index is 0.0114. The summed E-state index contributed by atoms with van der Waals surface area (Å²) in [5.41, 5.74) is 37.4. The van der Waals surface area contributed by atoms with Crippen LogP contribution in [0.1, 0.15) is 150 Å². The molecule has 7 amide bonds. The van der Waals surface area contributed by atoms with Gasteiger partial charge in [0.1, 0.15) is 18.3 Å². The smallest absolute Gasteiger partial charge is 0.394 e. The van der Waals surface area contributed by atoms with Crippen molar-refractivity contribution in [2.75, 3.05) is 13.2 Å². The van der Waals surface area contributed by atoms with Gasteiger partial charge in [0.05, 0.1) is 41.7 Å². The Kier molecular flexibility index (Phi) is 19.6. The maximum absolute atomic E-state index is 14.4. The summed E-state index contributed by atoms with van der Waals surface area (Å²) in [6, 6.07) is 2.70. The van der Waals surface area contributed by atoms with E-state index < -0.39 is 143 Å². The number of nitrogens with one attached hydrogen (secondary N) is 2. The molecule has 0 saturated carbocycles. The van der Waals surface area contributed by atoms with Crippen molar-refractivity contribution >= 4 is 77.3 Å². The van der Waals surface area contributed by atoms with Crippen molar-refractivity contribution in [1.29, 1.82) is 0 Å². The fraction of sp³-hybridized carbons (Fsp3) is 0.629. The summed E-state index contributed by atoms with van der Waals surface area (Å²) in [6.45, 7) is 19.3. The number of nitrogens with two attached hydrogens (primary N) is 6. The number of fused-ring (bicyclic) bond motifs is 7. The van der Waals surface area contributed by atoms with E-state index in [9.17, 15) is 53.2 Å². The van der Waals surface area contributed by atoms with Crippen LogP contribution in [0.15, 0.2) is 67.8 Å². The molecule has 90 heavy (non-hydrogen) atoms. The number of benzene rings is 1. The predicted molar refractivity (Wildman–Crippen MR) is 334 cm³/mol. The first kappa shape index (κ1) is 68.9. The standard InChI is InChI=1S/C62H90N13O14P/c1-29-20-39-40(21-30(29)2)75(28-70-39)57-52(84)53(41(27-76)87-57)89-90(85,86)88-31(3)26-69-49(83)18-19-59(8)37(22-46(66)80)56-62(11)61(10,25-48(68)82)36(14-17-45(65)79)51(74-62)33(5)55-60(9,24-47(67)81)34(12-15-43(63)77)38(71-55)23-42-58(6,7)35(13-16-44(64)78)50(72-42)32(4)54(59)73-56/h20-21,23,28,31,34-37,41,52-53,56-57,71,76,84H,12-19,22,24-27H2,1-11H3,(H2,63,77)(H2,64,78)(H2,65,79)(H2,66,80)(H2,67,81)(H2,68,82)(H,69,83)(H,85,86)/b38-23-,50-32-,55-33?/t31?,34?,35?,36?,37?,41-,52-,53-,56?,57+,59?,60?,61?,62?/m1/s1. The van der Waals surface area contributed by atoms with Gasteiger partial charge < -0.3 is 69.4 Å². The van der Waals surface area contributed by atoms with Crippen molar-refractivity contribution in [3.8, 4) is 0 Å². The zero-order chi connectivity index (χ0) is 66.7. The molecule has 2 saturated heterocycles. The molecule has 11 unspecified atom stereocenters.